The molecule has 0 aromatic heterocycles. The number of carbonyl (C=O) groups is 1. The standard InChI is InChI=1S/C14H16F4N2O/c15-12-5-10(4-11(6-12)14(16,17)18)13(21)20-8-9-2-1-3-19-7-9/h4-6,9,19H,1-3,7-8H2,(H,20,21)/t9-/m0/s1. The van der Waals surface area contributed by atoms with Crippen molar-refractivity contribution in [2.75, 3.05) is 19.6 Å². The van der Waals surface area contributed by atoms with E-state index in [-0.39, 0.29) is 11.5 Å². The predicted molar refractivity (Wildman–Crippen MR) is 69.3 cm³/mol. The van der Waals surface area contributed by atoms with E-state index in [1.807, 2.05) is 0 Å². The normalized spacial score (nSPS) is 19.3. The number of hydrogen-bond donors (Lipinski definition) is 2. The highest BCUT2D eigenvalue weighted by Gasteiger charge is 2.32. The van der Waals surface area contributed by atoms with E-state index in [0.29, 0.717) is 18.7 Å². The first kappa shape index (κ1) is 15.8. The Bertz CT molecular complexity index is 510. The van der Waals surface area contributed by atoms with Crippen LogP contribution in [0.5, 0.6) is 0 Å². The van der Waals surface area contributed by atoms with Crippen molar-refractivity contribution in [1.82, 2.24) is 10.6 Å². The van der Waals surface area contributed by atoms with E-state index in [1.165, 1.54) is 0 Å². The number of benzene rings is 1. The van der Waals surface area contributed by atoms with Crippen LogP contribution in [0.2, 0.25) is 0 Å². The van der Waals surface area contributed by atoms with Crippen LogP contribution in [0.25, 0.3) is 0 Å². The number of piperidine rings is 1. The van der Waals surface area contributed by atoms with Crippen molar-refractivity contribution in [2.24, 2.45) is 5.92 Å². The first-order chi connectivity index (χ1) is 9.86. The zero-order valence-electron chi connectivity index (χ0n) is 11.3. The molecule has 1 atom stereocenters. The van der Waals surface area contributed by atoms with Gasteiger partial charge in [-0.05, 0) is 50.0 Å². The van der Waals surface area contributed by atoms with E-state index < -0.39 is 23.5 Å². The van der Waals surface area contributed by atoms with E-state index in [2.05, 4.69) is 10.6 Å². The molecule has 1 fully saturated rings. The van der Waals surface area contributed by atoms with Gasteiger partial charge in [0.1, 0.15) is 5.82 Å². The number of carbonyl (C=O) groups excluding carboxylic acids is 1. The average Bonchev–Trinajstić information content (AvgIpc) is 2.44. The van der Waals surface area contributed by atoms with Gasteiger partial charge in [0, 0.05) is 12.1 Å². The Balaban J connectivity index is 2.03. The van der Waals surface area contributed by atoms with E-state index in [0.717, 1.165) is 32.0 Å². The van der Waals surface area contributed by atoms with Gasteiger partial charge >= 0.3 is 6.18 Å². The maximum atomic E-state index is 13.2. The van der Waals surface area contributed by atoms with Gasteiger partial charge in [-0.25, -0.2) is 4.39 Å². The Kier molecular flexibility index (Phi) is 4.82. The molecule has 2 rings (SSSR count). The Labute approximate surface area is 119 Å². The molecule has 1 aliphatic heterocycles. The summed E-state index contributed by atoms with van der Waals surface area (Å²) in [7, 11) is 0. The third kappa shape index (κ3) is 4.42. The number of halogens is 4. The number of nitrogens with one attached hydrogen (secondary N) is 2. The number of hydrogen-bond acceptors (Lipinski definition) is 2. The van der Waals surface area contributed by atoms with Gasteiger partial charge in [0.05, 0.1) is 5.56 Å². The molecule has 7 heteroatoms. The lowest BCUT2D eigenvalue weighted by Crippen LogP contribution is -2.38. The second kappa shape index (κ2) is 6.43. The lowest BCUT2D eigenvalue weighted by molar-refractivity contribution is -0.137. The van der Waals surface area contributed by atoms with Crippen LogP contribution in [0, 0.1) is 11.7 Å². The fraction of sp³-hybridized carbons (Fsp3) is 0.500. The second-order valence-electron chi connectivity index (χ2n) is 5.15. The fourth-order valence-corrected chi connectivity index (χ4v) is 2.32. The zero-order chi connectivity index (χ0) is 15.5. The number of amides is 1. The molecule has 0 bridgehead atoms. The number of alkyl halides is 3. The molecular weight excluding hydrogens is 288 g/mol. The summed E-state index contributed by atoms with van der Waals surface area (Å²) in [6, 6.07) is 1.85. The minimum absolute atomic E-state index is 0.248. The lowest BCUT2D eigenvalue weighted by Gasteiger charge is -2.22. The van der Waals surface area contributed by atoms with E-state index in [9.17, 15) is 22.4 Å². The molecule has 0 unspecified atom stereocenters. The summed E-state index contributed by atoms with van der Waals surface area (Å²) in [6.45, 7) is 2.06. The van der Waals surface area contributed by atoms with Gasteiger partial charge in [0.15, 0.2) is 0 Å². The SMILES string of the molecule is O=C(NC[C@H]1CCCNC1)c1cc(F)cc(C(F)(F)F)c1. The van der Waals surface area contributed by atoms with Crippen LogP contribution in [0.1, 0.15) is 28.8 Å². The summed E-state index contributed by atoms with van der Waals surface area (Å²) in [5.74, 6) is -1.52. The highest BCUT2D eigenvalue weighted by molar-refractivity contribution is 5.94. The van der Waals surface area contributed by atoms with Crippen molar-refractivity contribution >= 4 is 5.91 Å². The van der Waals surface area contributed by atoms with Gasteiger partial charge < -0.3 is 10.6 Å². The van der Waals surface area contributed by atoms with Gasteiger partial charge in [-0.2, -0.15) is 13.2 Å². The molecule has 1 amide bonds. The van der Waals surface area contributed by atoms with Crippen LogP contribution in [-0.2, 0) is 6.18 Å². The summed E-state index contributed by atoms with van der Waals surface area (Å²) in [5, 5.41) is 5.74. The Hall–Kier alpha value is -1.63. The smallest absolute Gasteiger partial charge is 0.352 e. The van der Waals surface area contributed by atoms with Gasteiger partial charge in [0.25, 0.3) is 5.91 Å². The van der Waals surface area contributed by atoms with Crippen LogP contribution in [0.15, 0.2) is 18.2 Å². The minimum atomic E-state index is -4.68. The molecule has 3 nitrogen and oxygen atoms in total. The maximum Gasteiger partial charge on any atom is 0.416 e. The van der Waals surface area contributed by atoms with Crippen LogP contribution in [0.3, 0.4) is 0 Å². The molecule has 1 saturated heterocycles. The third-order valence-corrected chi connectivity index (χ3v) is 3.44. The summed E-state index contributed by atoms with van der Waals surface area (Å²) < 4.78 is 51.0. The van der Waals surface area contributed by atoms with Crippen molar-refractivity contribution in [3.05, 3.63) is 35.1 Å². The average molecular weight is 304 g/mol. The van der Waals surface area contributed by atoms with Crippen molar-refractivity contribution in [2.45, 2.75) is 19.0 Å². The molecule has 2 N–H and O–H groups in total. The topological polar surface area (TPSA) is 41.1 Å². The van der Waals surface area contributed by atoms with Crippen LogP contribution >= 0.6 is 0 Å². The molecule has 0 saturated carbocycles. The monoisotopic (exact) mass is 304 g/mol. The molecule has 0 radical (unpaired) electrons. The molecule has 21 heavy (non-hydrogen) atoms. The zero-order valence-corrected chi connectivity index (χ0v) is 11.3. The third-order valence-electron chi connectivity index (χ3n) is 3.44. The molecule has 1 aliphatic rings. The Morgan fingerprint density at radius 2 is 2.10 bits per heavy atom. The van der Waals surface area contributed by atoms with Gasteiger partial charge in [-0.15, -0.1) is 0 Å². The minimum Gasteiger partial charge on any atom is -0.352 e. The van der Waals surface area contributed by atoms with E-state index >= 15 is 0 Å². The molecule has 0 spiro atoms. The van der Waals surface area contributed by atoms with Crippen molar-refractivity contribution in [3.63, 3.8) is 0 Å². The van der Waals surface area contributed by atoms with Crippen molar-refractivity contribution in [3.8, 4) is 0 Å². The summed E-state index contributed by atoms with van der Waals surface area (Å²) >= 11 is 0. The van der Waals surface area contributed by atoms with Crippen molar-refractivity contribution < 1.29 is 22.4 Å². The number of rotatable bonds is 3. The summed E-state index contributed by atoms with van der Waals surface area (Å²) in [6.07, 6.45) is -2.73. The quantitative estimate of drug-likeness (QED) is 0.843. The Morgan fingerprint density at radius 1 is 1.33 bits per heavy atom. The summed E-state index contributed by atoms with van der Waals surface area (Å²) in [4.78, 5) is 11.9. The van der Waals surface area contributed by atoms with E-state index in [4.69, 9.17) is 0 Å². The molecule has 1 aromatic rings. The highest BCUT2D eigenvalue weighted by Crippen LogP contribution is 2.30. The highest BCUT2D eigenvalue weighted by atomic mass is 19.4. The van der Waals surface area contributed by atoms with Crippen LogP contribution in [0.4, 0.5) is 17.6 Å². The molecule has 116 valence electrons. The maximum absolute atomic E-state index is 13.2. The van der Waals surface area contributed by atoms with Crippen molar-refractivity contribution in [1.29, 1.82) is 0 Å². The first-order valence-electron chi connectivity index (χ1n) is 6.73. The van der Waals surface area contributed by atoms with Crippen LogP contribution in [-0.4, -0.2) is 25.5 Å². The van der Waals surface area contributed by atoms with Gasteiger partial charge in [-0.1, -0.05) is 0 Å². The molecule has 1 aromatic carbocycles. The second-order valence-corrected chi connectivity index (χ2v) is 5.15. The van der Waals surface area contributed by atoms with E-state index in [1.54, 1.807) is 0 Å². The summed E-state index contributed by atoms with van der Waals surface area (Å²) in [5.41, 5.74) is -1.47. The van der Waals surface area contributed by atoms with Crippen LogP contribution < -0.4 is 10.6 Å². The molecule has 0 aliphatic carbocycles. The predicted octanol–water partition coefficient (Wildman–Crippen LogP) is 2.57. The largest absolute Gasteiger partial charge is 0.416 e. The molecular formula is C14H16F4N2O. The Morgan fingerprint density at radius 3 is 2.71 bits per heavy atom. The van der Waals surface area contributed by atoms with Gasteiger partial charge in [0.2, 0.25) is 0 Å². The molecule has 1 heterocycles. The fourth-order valence-electron chi connectivity index (χ4n) is 2.32. The van der Waals surface area contributed by atoms with Gasteiger partial charge in [-0.3, -0.25) is 4.79 Å². The first-order valence-corrected chi connectivity index (χ1v) is 6.73. The lowest BCUT2D eigenvalue weighted by atomic mass is 9.99.